The largest absolute Gasteiger partial charge is 0.394 e. The van der Waals surface area contributed by atoms with Gasteiger partial charge in [-0.1, -0.05) is 77.6 Å². The lowest BCUT2D eigenvalue weighted by molar-refractivity contribution is -0.0625. The zero-order valence-corrected chi connectivity index (χ0v) is 25.1. The maximum atomic E-state index is 12.5. The number of aromatic nitrogens is 2. The number of rotatable bonds is 9. The Balaban J connectivity index is 1.26. The lowest BCUT2D eigenvalue weighted by Gasteiger charge is -2.32. The van der Waals surface area contributed by atoms with E-state index in [1.807, 2.05) is 0 Å². The van der Waals surface area contributed by atoms with Crippen molar-refractivity contribution < 1.29 is 23.6 Å². The van der Waals surface area contributed by atoms with Crippen LogP contribution in [0.3, 0.4) is 0 Å². The molecule has 3 aliphatic rings. The molecule has 218 valence electrons. The first-order chi connectivity index (χ1) is 19.9. The molecule has 0 bridgehead atoms. The fraction of sp³-hybridized carbons (Fsp3) is 0.448. The summed E-state index contributed by atoms with van der Waals surface area (Å²) in [5, 5.41) is 12.9. The number of aliphatic hydroxyl groups is 1. The van der Waals surface area contributed by atoms with Crippen LogP contribution < -0.4 is 21.6 Å². The number of methoxy groups -OCH3 is 1. The van der Waals surface area contributed by atoms with Crippen LogP contribution in [0.1, 0.15) is 19.1 Å². The van der Waals surface area contributed by atoms with E-state index in [0.717, 1.165) is 25.4 Å². The molecule has 0 radical (unpaired) electrons. The second kappa shape index (κ2) is 12.0. The number of nitrogens with zero attached hydrogens (tertiary/aromatic N) is 2. The molecule has 6 rings (SSSR count). The van der Waals surface area contributed by atoms with E-state index in [4.69, 9.17) is 18.5 Å². The van der Waals surface area contributed by atoms with E-state index < -0.39 is 52.4 Å². The molecule has 3 saturated heterocycles. The highest BCUT2D eigenvalue weighted by atomic mass is 31.2. The van der Waals surface area contributed by atoms with Crippen LogP contribution in [0.15, 0.2) is 82.5 Å². The van der Waals surface area contributed by atoms with Crippen LogP contribution in [0.5, 0.6) is 0 Å². The summed E-state index contributed by atoms with van der Waals surface area (Å²) < 4.78 is 28.9. The molecule has 0 amide bonds. The molecule has 1 aromatic heterocycles. The molecule has 7 atom stereocenters. The van der Waals surface area contributed by atoms with Crippen molar-refractivity contribution >= 4 is 27.0 Å². The van der Waals surface area contributed by atoms with Crippen molar-refractivity contribution in [3.63, 3.8) is 0 Å². The Morgan fingerprint density at radius 2 is 1.71 bits per heavy atom. The zero-order chi connectivity index (χ0) is 28.6. The minimum Gasteiger partial charge on any atom is -0.394 e. The van der Waals surface area contributed by atoms with Crippen molar-refractivity contribution in [2.45, 2.75) is 62.1 Å². The first-order valence-electron chi connectivity index (χ1n) is 14.0. The van der Waals surface area contributed by atoms with Crippen LogP contribution in [0, 0.1) is 0 Å². The first kappa shape index (κ1) is 28.6. The van der Waals surface area contributed by atoms with Crippen molar-refractivity contribution in [1.82, 2.24) is 14.2 Å². The van der Waals surface area contributed by atoms with Crippen LogP contribution in [0.25, 0.3) is 0 Å². The van der Waals surface area contributed by atoms with Gasteiger partial charge in [-0.15, -0.1) is 0 Å². The Labute approximate surface area is 240 Å². The minimum absolute atomic E-state index is 0.00537. The van der Waals surface area contributed by atoms with Gasteiger partial charge in [-0.3, -0.25) is 14.3 Å². The lowest BCUT2D eigenvalue weighted by Crippen LogP contribution is -2.58. The number of aromatic amines is 1. The van der Waals surface area contributed by atoms with Crippen LogP contribution in [0.4, 0.5) is 0 Å². The van der Waals surface area contributed by atoms with Crippen molar-refractivity contribution in [2.24, 2.45) is 0 Å². The summed E-state index contributed by atoms with van der Waals surface area (Å²) in [6, 6.07) is 23.9. The Morgan fingerprint density at radius 1 is 1.02 bits per heavy atom. The number of hydrogen-bond acceptors (Lipinski definition) is 8. The average Bonchev–Trinajstić information content (AvgIpc) is 3.69. The predicted octanol–water partition coefficient (Wildman–Crippen LogP) is 1.81. The van der Waals surface area contributed by atoms with Gasteiger partial charge in [-0.2, -0.15) is 0 Å². The fourth-order valence-electron chi connectivity index (χ4n) is 6.47. The van der Waals surface area contributed by atoms with E-state index in [9.17, 15) is 14.7 Å². The highest BCUT2D eigenvalue weighted by Crippen LogP contribution is 2.59. The van der Waals surface area contributed by atoms with E-state index in [2.05, 4.69) is 76.9 Å². The number of aliphatic hydroxyl groups excluding tert-OH is 1. The quantitative estimate of drug-likeness (QED) is 0.284. The van der Waals surface area contributed by atoms with Gasteiger partial charge in [0, 0.05) is 32.0 Å². The highest BCUT2D eigenvalue weighted by Gasteiger charge is 2.54. The third-order valence-corrected chi connectivity index (χ3v) is 14.9. The Morgan fingerprint density at radius 3 is 2.32 bits per heavy atom. The Kier molecular flexibility index (Phi) is 8.40. The van der Waals surface area contributed by atoms with Gasteiger partial charge in [-0.05, 0) is 18.9 Å². The zero-order valence-electron chi connectivity index (χ0n) is 23.2. The molecule has 12 heteroatoms. The molecule has 4 heterocycles. The summed E-state index contributed by atoms with van der Waals surface area (Å²) in [7, 11) is -2.09. The van der Waals surface area contributed by atoms with Gasteiger partial charge in [0.05, 0.1) is 12.7 Å². The van der Waals surface area contributed by atoms with Gasteiger partial charge in [-0.25, -0.2) is 9.46 Å². The SMILES string of the molecule is CO[C@H]1C(O[P@@]2O[C@H](C[Si](C)(c3ccccc3)c3ccccc3)[C@@H]3CCCN32)[C@@H](CO)O[C@H]1n1ccc(=O)[nH]c1=O. The van der Waals surface area contributed by atoms with Crippen molar-refractivity contribution in [1.29, 1.82) is 0 Å². The molecule has 10 nitrogen and oxygen atoms in total. The van der Waals surface area contributed by atoms with E-state index in [0.29, 0.717) is 0 Å². The molecular formula is C29H36N3O7PSi. The molecule has 3 aromatic rings. The first-order valence-corrected chi connectivity index (χ1v) is 17.9. The molecule has 2 N–H and O–H groups in total. The highest BCUT2D eigenvalue weighted by molar-refractivity contribution is 7.45. The number of fused-ring (bicyclic) bond motifs is 1. The standard InChI is InChI=1S/C29H36N3O7PSi/c1-36-27-26(23(18-33)37-28(27)31-17-15-25(34)30-29(31)35)39-40-32-16-9-14-22(32)24(38-40)19-41(2,20-10-5-3-6-11-20)21-12-7-4-8-13-21/h3-8,10-13,15,17,22-24,26-28,33H,9,14,16,18-19H2,1-2H3,(H,30,34,35)/t22-,23+,24+,26?,27-,28+,40+/m0/s1. The van der Waals surface area contributed by atoms with Gasteiger partial charge < -0.3 is 23.6 Å². The average molecular weight is 598 g/mol. The lowest BCUT2D eigenvalue weighted by atomic mass is 10.1. The summed E-state index contributed by atoms with van der Waals surface area (Å²) in [5.41, 5.74) is -1.12. The van der Waals surface area contributed by atoms with Crippen LogP contribution >= 0.6 is 8.53 Å². The minimum atomic E-state index is -2.16. The molecular weight excluding hydrogens is 561 g/mol. The normalized spacial score (nSPS) is 30.1. The number of nitrogens with one attached hydrogen (secondary N) is 1. The maximum absolute atomic E-state index is 12.5. The molecule has 0 spiro atoms. The van der Waals surface area contributed by atoms with Crippen molar-refractivity contribution in [3.8, 4) is 0 Å². The number of H-pyrrole nitrogens is 1. The summed E-state index contributed by atoms with van der Waals surface area (Å²) in [5.74, 6) is 0. The second-order valence-electron chi connectivity index (χ2n) is 11.1. The molecule has 3 aliphatic heterocycles. The fourth-order valence-corrected chi connectivity index (χ4v) is 12.4. The van der Waals surface area contributed by atoms with E-state index in [1.165, 1.54) is 34.3 Å². The van der Waals surface area contributed by atoms with Gasteiger partial charge in [0.2, 0.25) is 0 Å². The van der Waals surface area contributed by atoms with Gasteiger partial charge >= 0.3 is 5.69 Å². The monoisotopic (exact) mass is 597 g/mol. The van der Waals surface area contributed by atoms with E-state index in [1.54, 1.807) is 0 Å². The smallest absolute Gasteiger partial charge is 0.330 e. The van der Waals surface area contributed by atoms with Crippen molar-refractivity contribution in [3.05, 3.63) is 93.8 Å². The van der Waals surface area contributed by atoms with Crippen LogP contribution in [0.2, 0.25) is 12.6 Å². The number of ether oxygens (including phenoxy) is 2. The number of benzene rings is 2. The third kappa shape index (κ3) is 5.41. The summed E-state index contributed by atoms with van der Waals surface area (Å²) >= 11 is 0. The molecule has 2 aromatic carbocycles. The van der Waals surface area contributed by atoms with Crippen molar-refractivity contribution in [2.75, 3.05) is 20.3 Å². The van der Waals surface area contributed by atoms with Crippen LogP contribution in [-0.2, 0) is 18.5 Å². The van der Waals surface area contributed by atoms with E-state index in [-0.39, 0.29) is 18.8 Å². The summed E-state index contributed by atoms with van der Waals surface area (Å²) in [6.07, 6.45) is 0.488. The second-order valence-corrected chi connectivity index (χ2v) is 16.7. The van der Waals surface area contributed by atoms with E-state index >= 15 is 0 Å². The molecule has 41 heavy (non-hydrogen) atoms. The molecule has 3 fully saturated rings. The Hall–Kier alpha value is -2.47. The number of hydrogen-bond donors (Lipinski definition) is 2. The van der Waals surface area contributed by atoms with Gasteiger partial charge in [0.15, 0.2) is 6.23 Å². The third-order valence-electron chi connectivity index (χ3n) is 8.64. The molecule has 1 unspecified atom stereocenters. The topological polar surface area (TPSA) is 115 Å². The van der Waals surface area contributed by atoms with Crippen LogP contribution in [-0.4, -0.2) is 78.1 Å². The Bertz CT molecular complexity index is 1400. The summed E-state index contributed by atoms with van der Waals surface area (Å²) in [4.78, 5) is 26.4. The summed E-state index contributed by atoms with van der Waals surface area (Å²) in [6.45, 7) is 2.98. The van der Waals surface area contributed by atoms with Gasteiger partial charge in [0.1, 0.15) is 26.4 Å². The maximum Gasteiger partial charge on any atom is 0.330 e. The predicted molar refractivity (Wildman–Crippen MR) is 158 cm³/mol. The molecule has 0 aliphatic carbocycles. The van der Waals surface area contributed by atoms with Gasteiger partial charge in [0.25, 0.3) is 14.1 Å². The molecule has 0 saturated carbocycles.